The van der Waals surface area contributed by atoms with Gasteiger partial charge in [-0.1, -0.05) is 0 Å². The van der Waals surface area contributed by atoms with Crippen molar-refractivity contribution >= 4 is 47.4 Å². The van der Waals surface area contributed by atoms with Gasteiger partial charge >= 0.3 is 11.9 Å². The zero-order valence-electron chi connectivity index (χ0n) is 9.36. The molecule has 2 unspecified atom stereocenters. The minimum Gasteiger partial charge on any atom is -0.481 e. The molecular weight excluding hydrogens is 284 g/mol. The van der Waals surface area contributed by atoms with Crippen LogP contribution < -0.4 is 0 Å². The molecule has 2 atom stereocenters. The smallest absolute Gasteiger partial charge is 0.336 e. The number of rotatable bonds is 8. The molecule has 0 aliphatic heterocycles. The van der Waals surface area contributed by atoms with Crippen LogP contribution in [0.4, 0.5) is 0 Å². The van der Waals surface area contributed by atoms with E-state index in [4.69, 9.17) is 5.11 Å². The number of hydrogen-bond donors (Lipinski definition) is 3. The third-order valence-corrected chi connectivity index (χ3v) is 2.27. The Hall–Kier alpha value is -1.06. The molecule has 1 N–H and O–H groups in total. The van der Waals surface area contributed by atoms with Gasteiger partial charge in [0, 0.05) is 7.11 Å². The Morgan fingerprint density at radius 3 is 2.00 bits per heavy atom. The minimum absolute atomic E-state index is 0.444. The van der Waals surface area contributed by atoms with Crippen LogP contribution in [0.3, 0.4) is 0 Å². The Kier molecular flexibility index (Phi) is 7.64. The molecule has 0 radical (unpaired) electrons. The van der Waals surface area contributed by atoms with E-state index in [1.807, 2.05) is 0 Å². The van der Waals surface area contributed by atoms with E-state index >= 15 is 0 Å². The lowest BCUT2D eigenvalue weighted by atomic mass is 10.2. The van der Waals surface area contributed by atoms with Crippen molar-refractivity contribution in [2.75, 3.05) is 7.11 Å². The van der Waals surface area contributed by atoms with E-state index in [0.717, 1.165) is 7.11 Å². The van der Waals surface area contributed by atoms with Crippen molar-refractivity contribution in [1.29, 1.82) is 0 Å². The van der Waals surface area contributed by atoms with E-state index in [2.05, 4.69) is 34.7 Å². The standard InChI is InChI=1S/C9H12O7S2/c1-15-4(2-6(10)11)8(13)16-5(9(14)18)3-7(12)17/h4-5H,2-3H2,1H3,(H,10,11)(H,12,17)(H,14,18). The lowest BCUT2D eigenvalue weighted by molar-refractivity contribution is -0.166. The number of thiol groups is 2. The summed E-state index contributed by atoms with van der Waals surface area (Å²) in [6, 6.07) is 0. The minimum atomic E-state index is -1.41. The van der Waals surface area contributed by atoms with Crippen LogP contribution in [0, 0.1) is 0 Å². The van der Waals surface area contributed by atoms with E-state index in [1.54, 1.807) is 0 Å². The Morgan fingerprint density at radius 2 is 1.67 bits per heavy atom. The van der Waals surface area contributed by atoms with Gasteiger partial charge in [-0.05, 0) is 0 Å². The fourth-order valence-electron chi connectivity index (χ4n) is 0.976. The SMILES string of the molecule is COC(CC(=O)O)C(=O)OC(CC(=O)S)C(=O)S. The van der Waals surface area contributed by atoms with Crippen molar-refractivity contribution in [3.8, 4) is 0 Å². The first kappa shape index (κ1) is 16.9. The van der Waals surface area contributed by atoms with Crippen molar-refractivity contribution in [3.05, 3.63) is 0 Å². The second-order valence-electron chi connectivity index (χ2n) is 3.18. The molecule has 0 rings (SSSR count). The van der Waals surface area contributed by atoms with Gasteiger partial charge < -0.3 is 14.6 Å². The fourth-order valence-corrected chi connectivity index (χ4v) is 1.29. The molecular formula is C9H12O7S2. The Labute approximate surface area is 114 Å². The Morgan fingerprint density at radius 1 is 1.11 bits per heavy atom. The number of carboxylic acid groups (broad SMARTS) is 1. The number of ether oxygens (including phenoxy) is 2. The summed E-state index contributed by atoms with van der Waals surface area (Å²) in [6.07, 6.45) is -3.82. The fraction of sp³-hybridized carbons (Fsp3) is 0.556. The van der Waals surface area contributed by atoms with Crippen LogP contribution in [0.15, 0.2) is 0 Å². The van der Waals surface area contributed by atoms with E-state index in [1.165, 1.54) is 0 Å². The summed E-state index contributed by atoms with van der Waals surface area (Å²) in [4.78, 5) is 43.6. The molecule has 0 aromatic carbocycles. The highest BCUT2D eigenvalue weighted by molar-refractivity contribution is 7.97. The number of carbonyl (C=O) groups excluding carboxylic acids is 3. The van der Waals surface area contributed by atoms with E-state index in [0.29, 0.717) is 0 Å². The van der Waals surface area contributed by atoms with Crippen LogP contribution in [0.25, 0.3) is 0 Å². The summed E-state index contributed by atoms with van der Waals surface area (Å²) in [5.74, 6) is -2.32. The molecule has 0 fully saturated rings. The topological polar surface area (TPSA) is 107 Å². The van der Waals surface area contributed by atoms with Crippen molar-refractivity contribution in [2.24, 2.45) is 0 Å². The lowest BCUT2D eigenvalue weighted by Gasteiger charge is -2.17. The monoisotopic (exact) mass is 296 g/mol. The molecule has 0 saturated heterocycles. The summed E-state index contributed by atoms with van der Waals surface area (Å²) in [7, 11) is 1.12. The maximum absolute atomic E-state index is 11.5. The van der Waals surface area contributed by atoms with Crippen LogP contribution in [0.1, 0.15) is 12.8 Å². The quantitative estimate of drug-likeness (QED) is 0.416. The lowest BCUT2D eigenvalue weighted by Crippen LogP contribution is -2.34. The van der Waals surface area contributed by atoms with Gasteiger partial charge in [-0.25, -0.2) is 4.79 Å². The molecule has 102 valence electrons. The van der Waals surface area contributed by atoms with Gasteiger partial charge in [0.25, 0.3) is 0 Å². The van der Waals surface area contributed by atoms with Gasteiger partial charge in [0.2, 0.25) is 5.12 Å². The first-order chi connectivity index (χ1) is 8.27. The van der Waals surface area contributed by atoms with Crippen LogP contribution in [0.5, 0.6) is 0 Å². The summed E-state index contributed by atoms with van der Waals surface area (Å²) < 4.78 is 9.27. The number of hydrogen-bond acceptors (Lipinski definition) is 6. The number of carbonyl (C=O) groups is 4. The third-order valence-electron chi connectivity index (χ3n) is 1.80. The highest BCUT2D eigenvalue weighted by Gasteiger charge is 2.28. The highest BCUT2D eigenvalue weighted by Crippen LogP contribution is 2.10. The van der Waals surface area contributed by atoms with Gasteiger partial charge in [0.15, 0.2) is 17.3 Å². The molecule has 0 amide bonds. The van der Waals surface area contributed by atoms with Crippen molar-refractivity contribution in [2.45, 2.75) is 25.0 Å². The van der Waals surface area contributed by atoms with E-state index < -0.39 is 47.2 Å². The molecule has 0 aliphatic carbocycles. The summed E-state index contributed by atoms with van der Waals surface area (Å²) in [5.41, 5.74) is 0. The zero-order valence-corrected chi connectivity index (χ0v) is 11.1. The molecule has 7 nitrogen and oxygen atoms in total. The molecule has 9 heteroatoms. The highest BCUT2D eigenvalue weighted by atomic mass is 32.1. The second kappa shape index (κ2) is 8.11. The molecule has 0 aromatic rings. The predicted octanol–water partition coefficient (Wildman–Crippen LogP) is -0.309. The zero-order chi connectivity index (χ0) is 14.3. The Balaban J connectivity index is 4.60. The average molecular weight is 296 g/mol. The maximum Gasteiger partial charge on any atom is 0.336 e. The van der Waals surface area contributed by atoms with Gasteiger partial charge in [-0.3, -0.25) is 14.4 Å². The first-order valence-corrected chi connectivity index (χ1v) is 5.57. The molecule has 0 saturated carbocycles. The number of methoxy groups -OCH3 is 1. The summed E-state index contributed by atoms with van der Waals surface area (Å²) in [5, 5.41) is 7.01. The molecule has 0 heterocycles. The van der Waals surface area contributed by atoms with Gasteiger partial charge in [-0.2, -0.15) is 0 Å². The number of aliphatic carboxylic acids is 1. The van der Waals surface area contributed by atoms with Crippen molar-refractivity contribution < 1.29 is 33.8 Å². The molecule has 0 spiro atoms. The van der Waals surface area contributed by atoms with Crippen LogP contribution >= 0.6 is 25.3 Å². The molecule has 0 aromatic heterocycles. The molecule has 0 aliphatic rings. The first-order valence-electron chi connectivity index (χ1n) is 4.67. The summed E-state index contributed by atoms with van der Waals surface area (Å²) >= 11 is 6.89. The Bertz CT molecular complexity index is 355. The number of esters is 1. The van der Waals surface area contributed by atoms with E-state index in [-0.39, 0.29) is 0 Å². The predicted molar refractivity (Wildman–Crippen MR) is 65.5 cm³/mol. The van der Waals surface area contributed by atoms with Crippen LogP contribution in [0.2, 0.25) is 0 Å². The van der Waals surface area contributed by atoms with Crippen LogP contribution in [-0.2, 0) is 28.7 Å². The molecule has 0 bridgehead atoms. The van der Waals surface area contributed by atoms with Crippen molar-refractivity contribution in [3.63, 3.8) is 0 Å². The summed E-state index contributed by atoms with van der Waals surface area (Å²) in [6.45, 7) is 0. The van der Waals surface area contributed by atoms with Gasteiger partial charge in [-0.15, -0.1) is 25.3 Å². The average Bonchev–Trinajstić information content (AvgIpc) is 2.23. The number of carboxylic acids is 1. The van der Waals surface area contributed by atoms with E-state index in [9.17, 15) is 19.2 Å². The van der Waals surface area contributed by atoms with Crippen LogP contribution in [-0.4, -0.2) is 46.6 Å². The van der Waals surface area contributed by atoms with Gasteiger partial charge in [0.05, 0.1) is 12.8 Å². The normalized spacial score (nSPS) is 13.5. The third kappa shape index (κ3) is 6.62. The maximum atomic E-state index is 11.5. The second-order valence-corrected chi connectivity index (χ2v) is 4.12. The van der Waals surface area contributed by atoms with Gasteiger partial charge in [0.1, 0.15) is 0 Å². The van der Waals surface area contributed by atoms with Crippen molar-refractivity contribution in [1.82, 2.24) is 0 Å². The molecule has 18 heavy (non-hydrogen) atoms. The largest absolute Gasteiger partial charge is 0.481 e.